The molecule has 0 unspecified atom stereocenters. The number of hydrogen-bond donors (Lipinski definition) is 2. The first-order valence-corrected chi connectivity index (χ1v) is 6.55. The van der Waals surface area contributed by atoms with Crippen molar-refractivity contribution in [1.82, 2.24) is 5.32 Å². The van der Waals surface area contributed by atoms with Crippen molar-refractivity contribution in [2.45, 2.75) is 31.9 Å². The molecule has 19 heavy (non-hydrogen) atoms. The normalized spacial score (nSPS) is 24.7. The van der Waals surface area contributed by atoms with E-state index in [0.29, 0.717) is 23.3 Å². The molecule has 2 N–H and O–H groups in total. The average molecular weight is 260 g/mol. The number of ether oxygens (including phenoxy) is 1. The summed E-state index contributed by atoms with van der Waals surface area (Å²) >= 11 is 0. The Bertz CT molecular complexity index is 535. The number of rotatable bonds is 4. The van der Waals surface area contributed by atoms with Crippen LogP contribution in [0.15, 0.2) is 18.2 Å². The fraction of sp³-hybridized carbons (Fsp3) is 0.429. The number of nitrogens with one attached hydrogen (secondary N) is 2. The molecule has 0 saturated heterocycles. The number of imide groups is 1. The molecule has 1 fully saturated rings. The van der Waals surface area contributed by atoms with Crippen molar-refractivity contribution in [3.63, 3.8) is 0 Å². The standard InChI is InChI=1S/C14H16N2O3/c1-2-19-10-5-9(6-10)15-8-3-4-11-12(7-8)14(18)16-13(11)17/h3-4,7,9-10,15H,2,5-6H2,1H3,(H,16,17,18). The predicted octanol–water partition coefficient (Wildman–Crippen LogP) is 1.55. The Hall–Kier alpha value is -1.88. The van der Waals surface area contributed by atoms with Crippen LogP contribution < -0.4 is 10.6 Å². The molecule has 1 aliphatic heterocycles. The number of anilines is 1. The quantitative estimate of drug-likeness (QED) is 0.806. The number of hydrogen-bond acceptors (Lipinski definition) is 4. The fourth-order valence-electron chi connectivity index (χ4n) is 2.55. The first-order valence-electron chi connectivity index (χ1n) is 6.55. The first-order chi connectivity index (χ1) is 9.17. The van der Waals surface area contributed by atoms with Crippen LogP contribution in [0, 0.1) is 0 Å². The van der Waals surface area contributed by atoms with Crippen molar-refractivity contribution >= 4 is 17.5 Å². The number of amides is 2. The van der Waals surface area contributed by atoms with E-state index in [2.05, 4.69) is 10.6 Å². The van der Waals surface area contributed by atoms with Gasteiger partial charge in [0.25, 0.3) is 11.8 Å². The third kappa shape index (κ3) is 2.21. The van der Waals surface area contributed by atoms with E-state index in [1.807, 2.05) is 13.0 Å². The van der Waals surface area contributed by atoms with Crippen LogP contribution in [-0.4, -0.2) is 30.6 Å². The Morgan fingerprint density at radius 3 is 2.74 bits per heavy atom. The van der Waals surface area contributed by atoms with E-state index < -0.39 is 0 Å². The van der Waals surface area contributed by atoms with Crippen LogP contribution in [-0.2, 0) is 4.74 Å². The molecular formula is C14H16N2O3. The molecule has 2 aliphatic rings. The topological polar surface area (TPSA) is 67.4 Å². The number of carbonyl (C=O) groups is 2. The minimum atomic E-state index is -0.315. The highest BCUT2D eigenvalue weighted by Gasteiger charge is 2.30. The summed E-state index contributed by atoms with van der Waals surface area (Å²) in [6.07, 6.45) is 2.31. The Kier molecular flexibility index (Phi) is 2.98. The number of benzene rings is 1. The van der Waals surface area contributed by atoms with Gasteiger partial charge in [0.15, 0.2) is 0 Å². The molecule has 0 radical (unpaired) electrons. The molecule has 1 heterocycles. The number of fused-ring (bicyclic) bond motifs is 1. The van der Waals surface area contributed by atoms with E-state index in [1.54, 1.807) is 12.1 Å². The highest BCUT2D eigenvalue weighted by Crippen LogP contribution is 2.28. The SMILES string of the molecule is CCOC1CC(Nc2ccc3c(c2)C(=O)NC3=O)C1. The fourth-order valence-corrected chi connectivity index (χ4v) is 2.55. The molecule has 0 spiro atoms. The monoisotopic (exact) mass is 260 g/mol. The average Bonchev–Trinajstić information content (AvgIpc) is 2.62. The molecule has 0 aromatic heterocycles. The summed E-state index contributed by atoms with van der Waals surface area (Å²) in [5, 5.41) is 5.65. The highest BCUT2D eigenvalue weighted by atomic mass is 16.5. The lowest BCUT2D eigenvalue weighted by Crippen LogP contribution is -2.40. The lowest BCUT2D eigenvalue weighted by atomic mass is 9.89. The van der Waals surface area contributed by atoms with Gasteiger partial charge in [0, 0.05) is 18.3 Å². The van der Waals surface area contributed by atoms with E-state index >= 15 is 0 Å². The van der Waals surface area contributed by atoms with Crippen molar-refractivity contribution in [1.29, 1.82) is 0 Å². The summed E-state index contributed by atoms with van der Waals surface area (Å²) in [5.41, 5.74) is 1.79. The third-order valence-electron chi connectivity index (χ3n) is 3.60. The molecular weight excluding hydrogens is 244 g/mol. The lowest BCUT2D eigenvalue weighted by molar-refractivity contribution is 0.00299. The molecule has 0 atom stereocenters. The van der Waals surface area contributed by atoms with E-state index in [1.165, 1.54) is 0 Å². The third-order valence-corrected chi connectivity index (χ3v) is 3.60. The summed E-state index contributed by atoms with van der Waals surface area (Å²) < 4.78 is 5.50. The smallest absolute Gasteiger partial charge is 0.259 e. The molecule has 1 aromatic rings. The Morgan fingerprint density at radius 1 is 1.26 bits per heavy atom. The zero-order valence-electron chi connectivity index (χ0n) is 10.7. The van der Waals surface area contributed by atoms with Crippen molar-refractivity contribution in [3.05, 3.63) is 29.3 Å². The second kappa shape index (κ2) is 4.66. The minimum absolute atomic E-state index is 0.313. The molecule has 100 valence electrons. The molecule has 5 heteroatoms. The predicted molar refractivity (Wildman–Crippen MR) is 70.3 cm³/mol. The van der Waals surface area contributed by atoms with Crippen LogP contribution in [0.2, 0.25) is 0 Å². The van der Waals surface area contributed by atoms with Gasteiger partial charge in [-0.05, 0) is 38.0 Å². The van der Waals surface area contributed by atoms with Crippen LogP contribution in [0.3, 0.4) is 0 Å². The maximum absolute atomic E-state index is 11.6. The largest absolute Gasteiger partial charge is 0.382 e. The number of carbonyl (C=O) groups excluding carboxylic acids is 2. The van der Waals surface area contributed by atoms with Gasteiger partial charge in [-0.2, -0.15) is 0 Å². The van der Waals surface area contributed by atoms with Crippen molar-refractivity contribution in [2.24, 2.45) is 0 Å². The van der Waals surface area contributed by atoms with Gasteiger partial charge in [0.2, 0.25) is 0 Å². The van der Waals surface area contributed by atoms with Crippen LogP contribution in [0.5, 0.6) is 0 Å². The Balaban J connectivity index is 1.66. The van der Waals surface area contributed by atoms with Crippen LogP contribution in [0.1, 0.15) is 40.5 Å². The van der Waals surface area contributed by atoms with Crippen LogP contribution in [0.25, 0.3) is 0 Å². The summed E-state index contributed by atoms with van der Waals surface area (Å²) in [6.45, 7) is 2.75. The van der Waals surface area contributed by atoms with Crippen LogP contribution >= 0.6 is 0 Å². The van der Waals surface area contributed by atoms with Gasteiger partial charge < -0.3 is 10.1 Å². The highest BCUT2D eigenvalue weighted by molar-refractivity contribution is 6.21. The van der Waals surface area contributed by atoms with E-state index in [0.717, 1.165) is 25.1 Å². The minimum Gasteiger partial charge on any atom is -0.382 e. The second-order valence-corrected chi connectivity index (χ2v) is 4.93. The zero-order chi connectivity index (χ0) is 13.4. The van der Waals surface area contributed by atoms with E-state index in [-0.39, 0.29) is 11.8 Å². The molecule has 1 saturated carbocycles. The van der Waals surface area contributed by atoms with Crippen molar-refractivity contribution in [2.75, 3.05) is 11.9 Å². The maximum Gasteiger partial charge on any atom is 0.259 e. The van der Waals surface area contributed by atoms with E-state index in [4.69, 9.17) is 4.74 Å². The van der Waals surface area contributed by atoms with Crippen molar-refractivity contribution < 1.29 is 14.3 Å². The van der Waals surface area contributed by atoms with E-state index in [9.17, 15) is 9.59 Å². The lowest BCUT2D eigenvalue weighted by Gasteiger charge is -2.36. The maximum atomic E-state index is 11.6. The molecule has 5 nitrogen and oxygen atoms in total. The molecule has 0 bridgehead atoms. The van der Waals surface area contributed by atoms with Crippen molar-refractivity contribution in [3.8, 4) is 0 Å². The van der Waals surface area contributed by atoms with Gasteiger partial charge >= 0.3 is 0 Å². The Morgan fingerprint density at radius 2 is 2.00 bits per heavy atom. The first kappa shape index (κ1) is 12.2. The van der Waals surface area contributed by atoms with Crippen LogP contribution in [0.4, 0.5) is 5.69 Å². The van der Waals surface area contributed by atoms with Gasteiger partial charge in [-0.25, -0.2) is 0 Å². The summed E-state index contributed by atoms with van der Waals surface area (Å²) in [4.78, 5) is 23.0. The van der Waals surface area contributed by atoms with Gasteiger partial charge in [0.1, 0.15) is 0 Å². The molecule has 1 aliphatic carbocycles. The second-order valence-electron chi connectivity index (χ2n) is 4.93. The summed E-state index contributed by atoms with van der Waals surface area (Å²) in [7, 11) is 0. The summed E-state index contributed by atoms with van der Waals surface area (Å²) in [6, 6.07) is 5.65. The molecule has 1 aromatic carbocycles. The zero-order valence-corrected chi connectivity index (χ0v) is 10.7. The molecule has 2 amide bonds. The van der Waals surface area contributed by atoms with Gasteiger partial charge in [-0.3, -0.25) is 14.9 Å². The van der Waals surface area contributed by atoms with Gasteiger partial charge in [-0.1, -0.05) is 0 Å². The van der Waals surface area contributed by atoms with Gasteiger partial charge in [-0.15, -0.1) is 0 Å². The Labute approximate surface area is 111 Å². The molecule has 3 rings (SSSR count). The summed E-state index contributed by atoms with van der Waals surface area (Å²) in [5.74, 6) is -0.629. The van der Waals surface area contributed by atoms with Gasteiger partial charge in [0.05, 0.1) is 17.2 Å².